The van der Waals surface area contributed by atoms with Crippen molar-refractivity contribution in [2.75, 3.05) is 0 Å². The lowest BCUT2D eigenvalue weighted by Crippen LogP contribution is -2.28. The van der Waals surface area contributed by atoms with Gasteiger partial charge in [0, 0.05) is 17.6 Å². The van der Waals surface area contributed by atoms with E-state index in [2.05, 4.69) is 36.0 Å². The van der Waals surface area contributed by atoms with Gasteiger partial charge in [-0.3, -0.25) is 0 Å². The van der Waals surface area contributed by atoms with E-state index >= 15 is 0 Å². The number of hydrogen-bond acceptors (Lipinski definition) is 3. The first-order valence-corrected chi connectivity index (χ1v) is 7.51. The van der Waals surface area contributed by atoms with Gasteiger partial charge in [0.2, 0.25) is 0 Å². The Morgan fingerprint density at radius 2 is 2.30 bits per heavy atom. The lowest BCUT2D eigenvalue weighted by molar-refractivity contribution is 0.381. The second-order valence-electron chi connectivity index (χ2n) is 5.07. The topological polar surface area (TPSA) is 42.7 Å². The van der Waals surface area contributed by atoms with E-state index in [1.807, 2.05) is 6.92 Å². The van der Waals surface area contributed by atoms with Crippen molar-refractivity contribution in [3.8, 4) is 0 Å². The van der Waals surface area contributed by atoms with E-state index in [-0.39, 0.29) is 11.9 Å². The molecule has 0 amide bonds. The third kappa shape index (κ3) is 2.62. The predicted octanol–water partition coefficient (Wildman–Crippen LogP) is 3.11. The second kappa shape index (κ2) is 5.61. The molecule has 2 aromatic rings. The van der Waals surface area contributed by atoms with Crippen LogP contribution in [-0.4, -0.2) is 14.8 Å². The molecule has 0 radical (unpaired) electrons. The minimum Gasteiger partial charge on any atom is -0.314 e. The van der Waals surface area contributed by atoms with Gasteiger partial charge in [0.05, 0.1) is 6.04 Å². The monoisotopic (exact) mass is 338 g/mol. The molecule has 106 valence electrons. The molecule has 0 saturated heterocycles. The molecule has 1 N–H and O–H groups in total. The van der Waals surface area contributed by atoms with E-state index in [9.17, 15) is 4.39 Å². The SMILES string of the molecule is Cc1nnc2n1CCC[C@@H]2NCc1cc(F)ccc1Br. The summed E-state index contributed by atoms with van der Waals surface area (Å²) in [4.78, 5) is 0. The van der Waals surface area contributed by atoms with Crippen molar-refractivity contribution in [1.29, 1.82) is 0 Å². The number of rotatable bonds is 3. The average Bonchev–Trinajstić information content (AvgIpc) is 2.82. The first kappa shape index (κ1) is 13.7. The van der Waals surface area contributed by atoms with Crippen LogP contribution in [0.3, 0.4) is 0 Å². The van der Waals surface area contributed by atoms with Gasteiger partial charge in [0.25, 0.3) is 0 Å². The number of aryl methyl sites for hydroxylation is 1. The Labute approximate surface area is 125 Å². The number of aromatic nitrogens is 3. The molecule has 0 saturated carbocycles. The van der Waals surface area contributed by atoms with Crippen LogP contribution in [0.2, 0.25) is 0 Å². The number of nitrogens with one attached hydrogen (secondary N) is 1. The third-order valence-corrected chi connectivity index (χ3v) is 4.47. The van der Waals surface area contributed by atoms with Crippen molar-refractivity contribution in [2.24, 2.45) is 0 Å². The van der Waals surface area contributed by atoms with Crippen molar-refractivity contribution < 1.29 is 4.39 Å². The zero-order valence-electron chi connectivity index (χ0n) is 11.2. The average molecular weight is 339 g/mol. The molecule has 1 aromatic heterocycles. The molecule has 1 aliphatic heterocycles. The summed E-state index contributed by atoms with van der Waals surface area (Å²) in [6.45, 7) is 3.56. The van der Waals surface area contributed by atoms with Crippen molar-refractivity contribution in [3.63, 3.8) is 0 Å². The number of nitrogens with zero attached hydrogens (tertiary/aromatic N) is 3. The highest BCUT2D eigenvalue weighted by molar-refractivity contribution is 9.10. The van der Waals surface area contributed by atoms with Crippen LogP contribution in [-0.2, 0) is 13.1 Å². The Morgan fingerprint density at radius 3 is 3.15 bits per heavy atom. The van der Waals surface area contributed by atoms with Crippen LogP contribution < -0.4 is 5.32 Å². The van der Waals surface area contributed by atoms with E-state index in [0.717, 1.165) is 41.1 Å². The van der Waals surface area contributed by atoms with Crippen LogP contribution in [0.4, 0.5) is 4.39 Å². The molecule has 0 bridgehead atoms. The maximum atomic E-state index is 13.3. The highest BCUT2D eigenvalue weighted by Gasteiger charge is 2.23. The molecule has 1 aromatic carbocycles. The first-order valence-electron chi connectivity index (χ1n) is 6.72. The van der Waals surface area contributed by atoms with Crippen LogP contribution in [0.1, 0.15) is 36.1 Å². The fourth-order valence-corrected chi connectivity index (χ4v) is 3.01. The minimum atomic E-state index is -0.215. The Kier molecular flexibility index (Phi) is 3.85. The Morgan fingerprint density at radius 1 is 1.45 bits per heavy atom. The molecule has 0 fully saturated rings. The standard InChI is InChI=1S/C14H16BrFN4/c1-9-18-19-14-13(3-2-6-20(9)14)17-8-10-7-11(16)4-5-12(10)15/h4-5,7,13,17H,2-3,6,8H2,1H3/t13-/m0/s1. The maximum Gasteiger partial charge on any atom is 0.150 e. The molecule has 0 unspecified atom stereocenters. The molecule has 3 rings (SSSR count). The minimum absolute atomic E-state index is 0.181. The van der Waals surface area contributed by atoms with E-state index in [0.29, 0.717) is 6.54 Å². The summed E-state index contributed by atoms with van der Waals surface area (Å²) in [6.07, 6.45) is 2.14. The summed E-state index contributed by atoms with van der Waals surface area (Å²) in [5, 5.41) is 11.8. The summed E-state index contributed by atoms with van der Waals surface area (Å²) >= 11 is 3.45. The van der Waals surface area contributed by atoms with Gasteiger partial charge < -0.3 is 9.88 Å². The molecule has 6 heteroatoms. The third-order valence-electron chi connectivity index (χ3n) is 3.70. The summed E-state index contributed by atoms with van der Waals surface area (Å²) in [6, 6.07) is 4.92. The molecule has 2 heterocycles. The quantitative estimate of drug-likeness (QED) is 0.934. The van der Waals surface area contributed by atoms with Crippen LogP contribution in [0.5, 0.6) is 0 Å². The maximum absolute atomic E-state index is 13.3. The summed E-state index contributed by atoms with van der Waals surface area (Å²) < 4.78 is 16.4. The highest BCUT2D eigenvalue weighted by Crippen LogP contribution is 2.25. The Hall–Kier alpha value is -1.27. The summed E-state index contributed by atoms with van der Waals surface area (Å²) in [7, 11) is 0. The molecule has 0 spiro atoms. The number of halogens is 2. The molecule has 1 aliphatic rings. The van der Waals surface area contributed by atoms with Gasteiger partial charge in [-0.2, -0.15) is 0 Å². The molecule has 20 heavy (non-hydrogen) atoms. The van der Waals surface area contributed by atoms with Crippen LogP contribution >= 0.6 is 15.9 Å². The normalized spacial score (nSPS) is 18.1. The van der Waals surface area contributed by atoms with Crippen LogP contribution in [0.25, 0.3) is 0 Å². The van der Waals surface area contributed by atoms with E-state index in [4.69, 9.17) is 0 Å². The van der Waals surface area contributed by atoms with Crippen molar-refractivity contribution in [2.45, 2.75) is 38.9 Å². The van der Waals surface area contributed by atoms with Gasteiger partial charge in [-0.05, 0) is 43.5 Å². The van der Waals surface area contributed by atoms with Gasteiger partial charge in [-0.25, -0.2) is 4.39 Å². The molecule has 1 atom stereocenters. The zero-order chi connectivity index (χ0) is 14.1. The van der Waals surface area contributed by atoms with Crippen LogP contribution in [0, 0.1) is 12.7 Å². The van der Waals surface area contributed by atoms with E-state index in [1.165, 1.54) is 6.07 Å². The molecular weight excluding hydrogens is 323 g/mol. The summed E-state index contributed by atoms with van der Waals surface area (Å²) in [5.41, 5.74) is 0.915. The highest BCUT2D eigenvalue weighted by atomic mass is 79.9. The number of benzene rings is 1. The largest absolute Gasteiger partial charge is 0.314 e. The van der Waals surface area contributed by atoms with Crippen molar-refractivity contribution in [3.05, 3.63) is 45.7 Å². The second-order valence-corrected chi connectivity index (χ2v) is 5.92. The summed E-state index contributed by atoms with van der Waals surface area (Å²) in [5.74, 6) is 1.73. The van der Waals surface area contributed by atoms with Gasteiger partial charge in [-0.15, -0.1) is 10.2 Å². The smallest absolute Gasteiger partial charge is 0.150 e. The molecule has 0 aliphatic carbocycles. The lowest BCUT2D eigenvalue weighted by Gasteiger charge is -2.24. The van der Waals surface area contributed by atoms with Crippen LogP contribution in [0.15, 0.2) is 22.7 Å². The van der Waals surface area contributed by atoms with Crippen molar-refractivity contribution >= 4 is 15.9 Å². The zero-order valence-corrected chi connectivity index (χ0v) is 12.8. The number of fused-ring (bicyclic) bond motifs is 1. The van der Waals surface area contributed by atoms with Gasteiger partial charge >= 0.3 is 0 Å². The number of hydrogen-bond donors (Lipinski definition) is 1. The first-order chi connectivity index (χ1) is 9.65. The Balaban J connectivity index is 1.75. The Bertz CT molecular complexity index is 626. The van der Waals surface area contributed by atoms with Gasteiger partial charge in [0.15, 0.2) is 0 Å². The fourth-order valence-electron chi connectivity index (χ4n) is 2.62. The fraction of sp³-hybridized carbons (Fsp3) is 0.429. The van der Waals surface area contributed by atoms with Gasteiger partial charge in [-0.1, -0.05) is 15.9 Å². The van der Waals surface area contributed by atoms with Gasteiger partial charge in [0.1, 0.15) is 17.5 Å². The van der Waals surface area contributed by atoms with Crippen molar-refractivity contribution in [1.82, 2.24) is 20.1 Å². The predicted molar refractivity (Wildman–Crippen MR) is 77.7 cm³/mol. The van der Waals surface area contributed by atoms with E-state index < -0.39 is 0 Å². The molecular formula is C14H16BrFN4. The molecule has 4 nitrogen and oxygen atoms in total. The van der Waals surface area contributed by atoms with E-state index in [1.54, 1.807) is 12.1 Å². The lowest BCUT2D eigenvalue weighted by atomic mass is 10.1.